The summed E-state index contributed by atoms with van der Waals surface area (Å²) in [5, 5.41) is 3.16. The molecule has 1 aliphatic rings. The first-order valence-corrected chi connectivity index (χ1v) is 6.65. The van der Waals surface area contributed by atoms with E-state index in [0.717, 1.165) is 12.8 Å². The molecule has 0 spiro atoms. The molecule has 0 unspecified atom stereocenters. The van der Waals surface area contributed by atoms with Gasteiger partial charge in [0, 0.05) is 6.04 Å². The number of nitrogens with zero attached hydrogens (tertiary/aromatic N) is 1. The minimum absolute atomic E-state index is 0. The third-order valence-corrected chi connectivity index (χ3v) is 2.76. The molecule has 0 aliphatic heterocycles. The molecular formula is C13H26IN3O2. The van der Waals surface area contributed by atoms with Crippen molar-refractivity contribution >= 4 is 35.9 Å². The average molecular weight is 383 g/mol. The Morgan fingerprint density at radius 1 is 1.32 bits per heavy atom. The number of nitrogens with one attached hydrogen (secondary N) is 1. The van der Waals surface area contributed by atoms with E-state index in [1.807, 2.05) is 20.8 Å². The van der Waals surface area contributed by atoms with Gasteiger partial charge in [-0.3, -0.25) is 4.79 Å². The van der Waals surface area contributed by atoms with Crippen molar-refractivity contribution in [3.63, 3.8) is 0 Å². The van der Waals surface area contributed by atoms with E-state index in [1.165, 1.54) is 19.3 Å². The second-order valence-electron chi connectivity index (χ2n) is 5.77. The normalized spacial score (nSPS) is 17.5. The van der Waals surface area contributed by atoms with Crippen LogP contribution in [0.2, 0.25) is 0 Å². The van der Waals surface area contributed by atoms with Gasteiger partial charge >= 0.3 is 5.97 Å². The quantitative estimate of drug-likeness (QED) is 0.339. The molecule has 0 aromatic heterocycles. The lowest BCUT2D eigenvalue weighted by atomic mass is 9.96. The highest BCUT2D eigenvalue weighted by Crippen LogP contribution is 2.16. The van der Waals surface area contributed by atoms with Crippen LogP contribution in [0.25, 0.3) is 0 Å². The fraction of sp³-hybridized carbons (Fsp3) is 0.846. The van der Waals surface area contributed by atoms with Gasteiger partial charge in [0.2, 0.25) is 0 Å². The highest BCUT2D eigenvalue weighted by Gasteiger charge is 2.16. The Labute approximate surface area is 132 Å². The van der Waals surface area contributed by atoms with Crippen LogP contribution in [-0.4, -0.2) is 30.1 Å². The average Bonchev–Trinajstić information content (AvgIpc) is 2.25. The molecular weight excluding hydrogens is 357 g/mol. The SMILES string of the molecule is CC(C)(C)OC(=O)CN=C(N)NC1CCCCC1.I. The molecule has 1 rings (SSSR count). The molecule has 0 atom stereocenters. The molecule has 112 valence electrons. The largest absolute Gasteiger partial charge is 0.459 e. The first-order valence-electron chi connectivity index (χ1n) is 6.65. The standard InChI is InChI=1S/C13H25N3O2.HI/c1-13(2,3)18-11(17)9-15-12(14)16-10-7-5-4-6-8-10;/h10H,4-9H2,1-3H3,(H3,14,15,16);1H. The first-order chi connectivity index (χ1) is 8.37. The number of guanidine groups is 1. The summed E-state index contributed by atoms with van der Waals surface area (Å²) < 4.78 is 5.15. The number of hydrogen-bond donors (Lipinski definition) is 2. The number of carbonyl (C=O) groups is 1. The summed E-state index contributed by atoms with van der Waals surface area (Å²) in [6.07, 6.45) is 6.02. The summed E-state index contributed by atoms with van der Waals surface area (Å²) >= 11 is 0. The van der Waals surface area contributed by atoms with Gasteiger partial charge < -0.3 is 15.8 Å². The summed E-state index contributed by atoms with van der Waals surface area (Å²) in [4.78, 5) is 15.5. The van der Waals surface area contributed by atoms with Crippen LogP contribution in [0.3, 0.4) is 0 Å². The van der Waals surface area contributed by atoms with Crippen LogP contribution < -0.4 is 11.1 Å². The zero-order valence-corrected chi connectivity index (χ0v) is 14.4. The van der Waals surface area contributed by atoms with E-state index in [1.54, 1.807) is 0 Å². The van der Waals surface area contributed by atoms with Crippen molar-refractivity contribution in [3.8, 4) is 0 Å². The highest BCUT2D eigenvalue weighted by atomic mass is 127. The van der Waals surface area contributed by atoms with Gasteiger partial charge in [-0.25, -0.2) is 4.99 Å². The zero-order valence-electron chi connectivity index (χ0n) is 12.1. The van der Waals surface area contributed by atoms with E-state index in [-0.39, 0.29) is 36.5 Å². The Bertz CT molecular complexity index is 308. The maximum absolute atomic E-state index is 11.4. The number of carbonyl (C=O) groups excluding carboxylic acids is 1. The van der Waals surface area contributed by atoms with Crippen LogP contribution in [0.15, 0.2) is 4.99 Å². The van der Waals surface area contributed by atoms with Crippen molar-refractivity contribution in [1.29, 1.82) is 0 Å². The summed E-state index contributed by atoms with van der Waals surface area (Å²) in [5.41, 5.74) is 5.27. The van der Waals surface area contributed by atoms with E-state index in [2.05, 4.69) is 10.3 Å². The fourth-order valence-electron chi connectivity index (χ4n) is 2.03. The number of halogens is 1. The molecule has 1 saturated carbocycles. The molecule has 0 bridgehead atoms. The summed E-state index contributed by atoms with van der Waals surface area (Å²) in [7, 11) is 0. The van der Waals surface area contributed by atoms with Gasteiger partial charge in [-0.15, -0.1) is 24.0 Å². The van der Waals surface area contributed by atoms with E-state index in [0.29, 0.717) is 12.0 Å². The van der Waals surface area contributed by atoms with Gasteiger partial charge in [-0.2, -0.15) is 0 Å². The van der Waals surface area contributed by atoms with Crippen LogP contribution >= 0.6 is 24.0 Å². The summed E-state index contributed by atoms with van der Waals surface area (Å²) in [6, 6.07) is 0.404. The topological polar surface area (TPSA) is 76.7 Å². The molecule has 0 saturated heterocycles. The lowest BCUT2D eigenvalue weighted by molar-refractivity contribution is -0.152. The Morgan fingerprint density at radius 3 is 2.42 bits per heavy atom. The lowest BCUT2D eigenvalue weighted by Crippen LogP contribution is -2.41. The van der Waals surface area contributed by atoms with Gasteiger partial charge in [0.15, 0.2) is 5.96 Å². The third kappa shape index (κ3) is 9.07. The van der Waals surface area contributed by atoms with Crippen LogP contribution in [0.5, 0.6) is 0 Å². The molecule has 1 fully saturated rings. The Morgan fingerprint density at radius 2 is 1.89 bits per heavy atom. The Balaban J connectivity index is 0.00000324. The number of aliphatic imine (C=N–C) groups is 1. The predicted octanol–water partition coefficient (Wildman–Crippen LogP) is 2.18. The van der Waals surface area contributed by atoms with Crippen molar-refractivity contribution < 1.29 is 9.53 Å². The molecule has 0 amide bonds. The number of ether oxygens (including phenoxy) is 1. The first kappa shape index (κ1) is 18.5. The molecule has 5 nitrogen and oxygen atoms in total. The Hall–Kier alpha value is -0.530. The monoisotopic (exact) mass is 383 g/mol. The predicted molar refractivity (Wildman–Crippen MR) is 87.8 cm³/mol. The van der Waals surface area contributed by atoms with Gasteiger partial charge in [-0.1, -0.05) is 19.3 Å². The minimum Gasteiger partial charge on any atom is -0.459 e. The summed E-state index contributed by atoms with van der Waals surface area (Å²) in [6.45, 7) is 5.47. The van der Waals surface area contributed by atoms with E-state index in [4.69, 9.17) is 10.5 Å². The minimum atomic E-state index is -0.474. The Kier molecular flexibility index (Phi) is 8.36. The van der Waals surface area contributed by atoms with Crippen LogP contribution in [0.4, 0.5) is 0 Å². The molecule has 0 aromatic rings. The summed E-state index contributed by atoms with van der Waals surface area (Å²) in [5.74, 6) is -0.0105. The van der Waals surface area contributed by atoms with Gasteiger partial charge in [0.05, 0.1) is 0 Å². The van der Waals surface area contributed by atoms with Crippen LogP contribution in [0, 0.1) is 0 Å². The molecule has 1 aliphatic carbocycles. The van der Waals surface area contributed by atoms with Crippen molar-refractivity contribution in [2.75, 3.05) is 6.54 Å². The van der Waals surface area contributed by atoms with Crippen molar-refractivity contribution in [3.05, 3.63) is 0 Å². The third-order valence-electron chi connectivity index (χ3n) is 2.76. The van der Waals surface area contributed by atoms with E-state index < -0.39 is 5.60 Å². The molecule has 6 heteroatoms. The van der Waals surface area contributed by atoms with Gasteiger partial charge in [0.1, 0.15) is 12.1 Å². The zero-order chi connectivity index (χ0) is 13.6. The van der Waals surface area contributed by atoms with Crippen molar-refractivity contribution in [2.45, 2.75) is 64.5 Å². The van der Waals surface area contributed by atoms with Crippen molar-refractivity contribution in [1.82, 2.24) is 5.32 Å². The number of hydrogen-bond acceptors (Lipinski definition) is 3. The molecule has 19 heavy (non-hydrogen) atoms. The number of esters is 1. The molecule has 0 heterocycles. The molecule has 0 radical (unpaired) electrons. The molecule has 0 aromatic carbocycles. The second-order valence-corrected chi connectivity index (χ2v) is 5.77. The smallest absolute Gasteiger partial charge is 0.328 e. The molecule has 3 N–H and O–H groups in total. The fourth-order valence-corrected chi connectivity index (χ4v) is 2.03. The van der Waals surface area contributed by atoms with Crippen molar-refractivity contribution in [2.24, 2.45) is 10.7 Å². The van der Waals surface area contributed by atoms with Crippen LogP contribution in [-0.2, 0) is 9.53 Å². The maximum Gasteiger partial charge on any atom is 0.328 e. The van der Waals surface area contributed by atoms with Gasteiger partial charge in [-0.05, 0) is 33.6 Å². The van der Waals surface area contributed by atoms with Crippen LogP contribution in [0.1, 0.15) is 52.9 Å². The van der Waals surface area contributed by atoms with Gasteiger partial charge in [0.25, 0.3) is 0 Å². The van der Waals surface area contributed by atoms with E-state index >= 15 is 0 Å². The number of nitrogens with two attached hydrogens (primary N) is 1. The highest BCUT2D eigenvalue weighted by molar-refractivity contribution is 14.0. The second kappa shape index (κ2) is 8.60. The van der Waals surface area contributed by atoms with E-state index in [9.17, 15) is 4.79 Å². The maximum atomic E-state index is 11.4. The number of rotatable bonds is 3. The lowest BCUT2D eigenvalue weighted by Gasteiger charge is -2.23.